The number of likely N-dealkylation sites (tertiary alicyclic amines) is 1. The topological polar surface area (TPSA) is 137 Å². The SMILES string of the molecule is CCOC(=O)CC(C(=O)NC)[C@@H]1C[C@@H](O[Si](C)(C)C(C)(C)C)CN1C(=O)OCc1ccc([N+](=O)[O-])cc1. The van der Waals surface area contributed by atoms with Gasteiger partial charge >= 0.3 is 12.1 Å². The van der Waals surface area contributed by atoms with Gasteiger partial charge in [0, 0.05) is 31.8 Å². The second-order valence-corrected chi connectivity index (χ2v) is 15.4. The highest BCUT2D eigenvalue weighted by Gasteiger charge is 2.47. The zero-order chi connectivity index (χ0) is 28.0. The third-order valence-corrected chi connectivity index (χ3v) is 11.6. The molecular weight excluding hydrogens is 498 g/mol. The van der Waals surface area contributed by atoms with Crippen molar-refractivity contribution < 1.29 is 33.2 Å². The Morgan fingerprint density at radius 3 is 2.32 bits per heavy atom. The molecule has 3 atom stereocenters. The number of nitrogens with one attached hydrogen (secondary N) is 1. The van der Waals surface area contributed by atoms with Gasteiger partial charge in [0.05, 0.1) is 30.0 Å². The fourth-order valence-electron chi connectivity index (χ4n) is 4.03. The number of amides is 2. The molecule has 1 aromatic carbocycles. The van der Waals surface area contributed by atoms with Gasteiger partial charge < -0.3 is 24.1 Å². The van der Waals surface area contributed by atoms with Gasteiger partial charge in [0.25, 0.3) is 5.69 Å². The lowest BCUT2D eigenvalue weighted by atomic mass is 9.92. The summed E-state index contributed by atoms with van der Waals surface area (Å²) in [6, 6.07) is 5.08. The molecule has 1 N–H and O–H groups in total. The summed E-state index contributed by atoms with van der Waals surface area (Å²) >= 11 is 0. The van der Waals surface area contributed by atoms with Gasteiger partial charge in [-0.1, -0.05) is 20.8 Å². The smallest absolute Gasteiger partial charge is 0.410 e. The minimum atomic E-state index is -2.19. The molecule has 0 spiro atoms. The number of hydrogen-bond acceptors (Lipinski definition) is 8. The Morgan fingerprint density at radius 2 is 1.81 bits per heavy atom. The molecule has 37 heavy (non-hydrogen) atoms. The summed E-state index contributed by atoms with van der Waals surface area (Å²) in [5, 5.41) is 13.4. The molecule has 0 aromatic heterocycles. The summed E-state index contributed by atoms with van der Waals surface area (Å²) in [5.41, 5.74) is 0.519. The van der Waals surface area contributed by atoms with Crippen molar-refractivity contribution >= 4 is 32.0 Å². The van der Waals surface area contributed by atoms with Crippen molar-refractivity contribution in [2.24, 2.45) is 5.92 Å². The summed E-state index contributed by atoms with van der Waals surface area (Å²) in [6.07, 6.45) is -0.789. The van der Waals surface area contributed by atoms with Crippen molar-refractivity contribution in [2.75, 3.05) is 20.2 Å². The lowest BCUT2D eigenvalue weighted by molar-refractivity contribution is -0.384. The summed E-state index contributed by atoms with van der Waals surface area (Å²) in [4.78, 5) is 50.2. The minimum Gasteiger partial charge on any atom is -0.466 e. The number of carbonyl (C=O) groups excluding carboxylic acids is 3. The normalized spacial score (nSPS) is 18.7. The van der Waals surface area contributed by atoms with Gasteiger partial charge in [-0.15, -0.1) is 0 Å². The highest BCUT2D eigenvalue weighted by atomic mass is 28.4. The van der Waals surface area contributed by atoms with E-state index >= 15 is 0 Å². The zero-order valence-electron chi connectivity index (χ0n) is 22.7. The van der Waals surface area contributed by atoms with Crippen LogP contribution < -0.4 is 5.32 Å². The molecule has 0 bridgehead atoms. The minimum absolute atomic E-state index is 0.0581. The Bertz CT molecular complexity index is 977. The molecule has 11 nitrogen and oxygen atoms in total. The van der Waals surface area contributed by atoms with Crippen molar-refractivity contribution in [3.63, 3.8) is 0 Å². The number of non-ortho nitro benzene ring substituents is 1. The van der Waals surface area contributed by atoms with Crippen LogP contribution in [-0.2, 0) is 30.1 Å². The van der Waals surface area contributed by atoms with Crippen molar-refractivity contribution in [2.45, 2.75) is 77.4 Å². The molecule has 1 aliphatic heterocycles. The van der Waals surface area contributed by atoms with Gasteiger partial charge in [-0.25, -0.2) is 4.79 Å². The van der Waals surface area contributed by atoms with E-state index in [2.05, 4.69) is 39.2 Å². The standard InChI is InChI=1S/C25H39N3O8Si/c1-8-34-22(29)14-20(23(30)26-5)21-13-19(36-37(6,7)25(2,3)4)15-27(21)24(31)35-16-17-9-11-18(12-10-17)28(32)33/h9-12,19-21H,8,13-16H2,1-7H3,(H,26,30)/t19-,20?,21+/m1/s1. The number of rotatable bonds is 10. The van der Waals surface area contributed by atoms with Crippen LogP contribution in [0.3, 0.4) is 0 Å². The van der Waals surface area contributed by atoms with E-state index in [1.165, 1.54) is 36.2 Å². The maximum absolute atomic E-state index is 13.2. The maximum atomic E-state index is 13.2. The van der Waals surface area contributed by atoms with E-state index in [1.54, 1.807) is 6.92 Å². The number of ether oxygens (including phenoxy) is 2. The molecule has 0 saturated carbocycles. The molecular formula is C25H39N3O8Si. The second-order valence-electron chi connectivity index (χ2n) is 10.7. The summed E-state index contributed by atoms with van der Waals surface area (Å²) in [7, 11) is -0.708. The fourth-order valence-corrected chi connectivity index (χ4v) is 5.38. The van der Waals surface area contributed by atoms with E-state index in [-0.39, 0.29) is 48.9 Å². The van der Waals surface area contributed by atoms with E-state index < -0.39 is 37.3 Å². The highest BCUT2D eigenvalue weighted by Crippen LogP contribution is 2.40. The monoisotopic (exact) mass is 537 g/mol. The van der Waals surface area contributed by atoms with Gasteiger partial charge in [0.2, 0.25) is 5.91 Å². The molecule has 0 aliphatic carbocycles. The van der Waals surface area contributed by atoms with Crippen molar-refractivity contribution in [1.29, 1.82) is 0 Å². The van der Waals surface area contributed by atoms with Crippen LogP contribution in [0, 0.1) is 16.0 Å². The summed E-state index contributed by atoms with van der Waals surface area (Å²) < 4.78 is 17.2. The molecule has 206 valence electrons. The molecule has 12 heteroatoms. The fraction of sp³-hybridized carbons (Fsp3) is 0.640. The molecule has 1 aromatic rings. The van der Waals surface area contributed by atoms with Crippen LogP contribution in [-0.4, -0.2) is 68.5 Å². The summed E-state index contributed by atoms with van der Waals surface area (Å²) in [6.45, 7) is 12.6. The summed E-state index contributed by atoms with van der Waals surface area (Å²) in [5.74, 6) is -1.74. The molecule has 2 amide bonds. The zero-order valence-corrected chi connectivity index (χ0v) is 23.7. The average Bonchev–Trinajstić information content (AvgIpc) is 3.23. The van der Waals surface area contributed by atoms with Crippen LogP contribution in [0.15, 0.2) is 24.3 Å². The largest absolute Gasteiger partial charge is 0.466 e. The molecule has 0 radical (unpaired) electrons. The first-order valence-corrected chi connectivity index (χ1v) is 15.3. The van der Waals surface area contributed by atoms with E-state index in [4.69, 9.17) is 13.9 Å². The Hall–Kier alpha value is -2.99. The van der Waals surface area contributed by atoms with E-state index in [9.17, 15) is 24.5 Å². The Balaban J connectivity index is 2.27. The Labute approximate surface area is 219 Å². The molecule has 1 unspecified atom stereocenters. The number of nitro benzene ring substituents is 1. The van der Waals surface area contributed by atoms with Crippen LogP contribution in [0.25, 0.3) is 0 Å². The second kappa shape index (κ2) is 12.5. The first kappa shape index (κ1) is 30.2. The number of nitro groups is 1. The van der Waals surface area contributed by atoms with E-state index in [1.807, 2.05) is 0 Å². The molecule has 1 heterocycles. The third kappa shape index (κ3) is 7.99. The first-order chi connectivity index (χ1) is 17.2. The van der Waals surface area contributed by atoms with Crippen LogP contribution >= 0.6 is 0 Å². The molecule has 1 aliphatic rings. The number of carbonyl (C=O) groups is 3. The lowest BCUT2D eigenvalue weighted by Crippen LogP contribution is -2.46. The Kier molecular flexibility index (Phi) is 10.2. The number of nitrogens with zero attached hydrogens (tertiary/aromatic N) is 2. The number of esters is 1. The molecule has 1 saturated heterocycles. The van der Waals surface area contributed by atoms with Gasteiger partial charge in [-0.2, -0.15) is 0 Å². The van der Waals surface area contributed by atoms with Crippen molar-refractivity contribution in [3.8, 4) is 0 Å². The van der Waals surface area contributed by atoms with Gasteiger partial charge in [-0.05, 0) is 49.2 Å². The predicted octanol–water partition coefficient (Wildman–Crippen LogP) is 4.01. The Morgan fingerprint density at radius 1 is 1.19 bits per heavy atom. The molecule has 2 rings (SSSR count). The third-order valence-electron chi connectivity index (χ3n) is 7.06. The van der Waals surface area contributed by atoms with Gasteiger partial charge in [-0.3, -0.25) is 19.7 Å². The van der Waals surface area contributed by atoms with E-state index in [0.717, 1.165) is 0 Å². The van der Waals surface area contributed by atoms with Crippen LogP contribution in [0.2, 0.25) is 18.1 Å². The highest BCUT2D eigenvalue weighted by molar-refractivity contribution is 6.74. The van der Waals surface area contributed by atoms with Crippen molar-refractivity contribution in [1.82, 2.24) is 10.2 Å². The quantitative estimate of drug-likeness (QED) is 0.205. The number of hydrogen-bond donors (Lipinski definition) is 1. The van der Waals surface area contributed by atoms with Crippen molar-refractivity contribution in [3.05, 3.63) is 39.9 Å². The van der Waals surface area contributed by atoms with E-state index in [0.29, 0.717) is 12.0 Å². The van der Waals surface area contributed by atoms with Gasteiger partial charge in [0.15, 0.2) is 8.32 Å². The predicted molar refractivity (Wildman–Crippen MR) is 139 cm³/mol. The van der Waals surface area contributed by atoms with Crippen LogP contribution in [0.1, 0.15) is 46.1 Å². The lowest BCUT2D eigenvalue weighted by Gasteiger charge is -2.38. The first-order valence-electron chi connectivity index (χ1n) is 12.4. The van der Waals surface area contributed by atoms with Crippen LogP contribution in [0.5, 0.6) is 0 Å². The number of benzene rings is 1. The maximum Gasteiger partial charge on any atom is 0.410 e. The van der Waals surface area contributed by atoms with Crippen LogP contribution in [0.4, 0.5) is 10.5 Å². The molecule has 1 fully saturated rings. The average molecular weight is 538 g/mol. The van der Waals surface area contributed by atoms with Gasteiger partial charge in [0.1, 0.15) is 6.61 Å².